The van der Waals surface area contributed by atoms with Crippen molar-refractivity contribution in [1.82, 2.24) is 24.7 Å². The van der Waals surface area contributed by atoms with Crippen LogP contribution in [0.25, 0.3) is 27.0 Å². The van der Waals surface area contributed by atoms with E-state index < -0.39 is 0 Å². The molecule has 5 rings (SSSR count). The first kappa shape index (κ1) is 21.8. The molecule has 0 aromatic carbocycles. The fourth-order valence-electron chi connectivity index (χ4n) is 3.69. The number of nitrogens with one attached hydrogen (secondary N) is 2. The number of fused-ring (bicyclic) bond motifs is 2. The minimum absolute atomic E-state index is 0.162. The molecule has 5 aromatic rings. The Kier molecular flexibility index (Phi) is 5.80. The molecule has 1 amide bonds. The van der Waals surface area contributed by atoms with E-state index in [1.165, 1.54) is 0 Å². The van der Waals surface area contributed by atoms with Crippen LogP contribution in [-0.4, -0.2) is 38.3 Å². The second-order valence-electron chi connectivity index (χ2n) is 7.84. The van der Waals surface area contributed by atoms with Crippen LogP contribution in [-0.2, 0) is 4.79 Å². The Morgan fingerprint density at radius 3 is 2.85 bits per heavy atom. The fraction of sp³-hybridized carbons (Fsp3) is 0.154. The van der Waals surface area contributed by atoms with Crippen molar-refractivity contribution in [2.75, 3.05) is 12.4 Å². The third-order valence-electron chi connectivity index (χ3n) is 5.56. The number of thiophene rings is 1. The van der Waals surface area contributed by atoms with Gasteiger partial charge in [0.25, 0.3) is 0 Å². The van der Waals surface area contributed by atoms with Gasteiger partial charge in [0.15, 0.2) is 0 Å². The third kappa shape index (κ3) is 4.15. The van der Waals surface area contributed by atoms with Crippen LogP contribution < -0.4 is 10.6 Å². The average molecular weight is 467 g/mol. The summed E-state index contributed by atoms with van der Waals surface area (Å²) in [6.45, 7) is 3.77. The number of carbonyl (C=O) groups excluding carboxylic acids is 1. The predicted molar refractivity (Wildman–Crippen MR) is 136 cm³/mol. The molecule has 0 aliphatic carbocycles. The average Bonchev–Trinajstić information content (AvgIpc) is 3.42. The molecule has 0 bridgehead atoms. The van der Waals surface area contributed by atoms with Crippen molar-refractivity contribution in [2.45, 2.75) is 19.9 Å². The first-order valence-electron chi connectivity index (χ1n) is 10.8. The molecule has 5 aromatic heterocycles. The zero-order chi connectivity index (χ0) is 23.7. The number of carbonyl (C=O) groups is 1. The smallest absolute Gasteiger partial charge is 0.242 e. The Morgan fingerprint density at radius 2 is 2.03 bits per heavy atom. The van der Waals surface area contributed by atoms with Crippen LogP contribution >= 0.6 is 11.3 Å². The number of aryl methyl sites for hydroxylation is 1. The van der Waals surface area contributed by atoms with Crippen LogP contribution in [0.15, 0.2) is 61.1 Å². The number of pyridine rings is 3. The standard InChI is InChI=1S/C26H22N6OS/c1-16-25(32-13-5-4-6-24(32)29-16)20-8-10-23(31-26(33)17(2)27-3)30-21(20)9-7-19-14-18-11-12-28-15-22(18)34-19/h4-6,8,10-15,17,27H,1-3H3,(H,30,31,33). The van der Waals surface area contributed by atoms with Gasteiger partial charge in [-0.2, -0.15) is 0 Å². The number of anilines is 1. The van der Waals surface area contributed by atoms with E-state index in [4.69, 9.17) is 4.98 Å². The van der Waals surface area contributed by atoms with Crippen LogP contribution in [0, 0.1) is 18.8 Å². The molecule has 0 aliphatic heterocycles. The van der Waals surface area contributed by atoms with E-state index in [0.717, 1.165) is 37.6 Å². The molecule has 1 atom stereocenters. The molecule has 0 aliphatic rings. The van der Waals surface area contributed by atoms with Crippen LogP contribution in [0.4, 0.5) is 5.82 Å². The van der Waals surface area contributed by atoms with E-state index in [-0.39, 0.29) is 11.9 Å². The summed E-state index contributed by atoms with van der Waals surface area (Å²) < 4.78 is 3.11. The van der Waals surface area contributed by atoms with Crippen LogP contribution in [0.1, 0.15) is 23.2 Å². The number of likely N-dealkylation sites (N-methyl/N-ethyl adjacent to an activating group) is 1. The summed E-state index contributed by atoms with van der Waals surface area (Å²) in [7, 11) is 1.74. The molecule has 0 saturated carbocycles. The molecule has 168 valence electrons. The van der Waals surface area contributed by atoms with Crippen molar-refractivity contribution in [3.05, 3.63) is 77.3 Å². The highest BCUT2D eigenvalue weighted by molar-refractivity contribution is 7.19. The van der Waals surface area contributed by atoms with Gasteiger partial charge in [0, 0.05) is 24.2 Å². The SMILES string of the molecule is CNC(C)C(=O)Nc1ccc(-c2c(C)nc3ccccn23)c(C#Cc2cc3ccncc3s2)n1. The van der Waals surface area contributed by atoms with E-state index in [9.17, 15) is 4.79 Å². The van der Waals surface area contributed by atoms with Gasteiger partial charge in [0.05, 0.1) is 27.0 Å². The van der Waals surface area contributed by atoms with E-state index in [0.29, 0.717) is 11.5 Å². The lowest BCUT2D eigenvalue weighted by molar-refractivity contribution is -0.117. The second-order valence-corrected chi connectivity index (χ2v) is 8.92. The monoisotopic (exact) mass is 466 g/mol. The summed E-state index contributed by atoms with van der Waals surface area (Å²) in [5.74, 6) is 6.80. The first-order chi connectivity index (χ1) is 16.5. The minimum Gasteiger partial charge on any atom is -0.309 e. The van der Waals surface area contributed by atoms with Gasteiger partial charge in [0.2, 0.25) is 5.91 Å². The zero-order valence-electron chi connectivity index (χ0n) is 19.0. The molecular weight excluding hydrogens is 444 g/mol. The quantitative estimate of drug-likeness (QED) is 0.387. The highest BCUT2D eigenvalue weighted by Gasteiger charge is 2.17. The van der Waals surface area contributed by atoms with Crippen LogP contribution in [0.5, 0.6) is 0 Å². The van der Waals surface area contributed by atoms with Crippen LogP contribution in [0.2, 0.25) is 0 Å². The lowest BCUT2D eigenvalue weighted by atomic mass is 10.1. The maximum Gasteiger partial charge on any atom is 0.242 e. The van der Waals surface area contributed by atoms with Crippen molar-refractivity contribution in [1.29, 1.82) is 0 Å². The number of hydrogen-bond acceptors (Lipinski definition) is 6. The first-order valence-corrected chi connectivity index (χ1v) is 11.6. The number of hydrogen-bond donors (Lipinski definition) is 2. The van der Waals surface area contributed by atoms with E-state index >= 15 is 0 Å². The predicted octanol–water partition coefficient (Wildman–Crippen LogP) is 4.26. The molecule has 0 spiro atoms. The number of aromatic nitrogens is 4. The molecule has 0 radical (unpaired) electrons. The molecule has 5 heterocycles. The van der Waals surface area contributed by atoms with E-state index in [1.54, 1.807) is 37.6 Å². The van der Waals surface area contributed by atoms with Crippen molar-refractivity contribution in [3.8, 4) is 23.1 Å². The highest BCUT2D eigenvalue weighted by atomic mass is 32.1. The maximum absolute atomic E-state index is 12.4. The molecular formula is C26H22N6OS. The molecule has 7 nitrogen and oxygen atoms in total. The lowest BCUT2D eigenvalue weighted by Crippen LogP contribution is -2.35. The minimum atomic E-state index is -0.343. The summed E-state index contributed by atoms with van der Waals surface area (Å²) in [5.41, 5.74) is 4.08. The van der Waals surface area contributed by atoms with Gasteiger partial charge in [-0.05, 0) is 74.5 Å². The van der Waals surface area contributed by atoms with Crippen molar-refractivity contribution in [2.24, 2.45) is 0 Å². The Bertz CT molecular complexity index is 1560. The lowest BCUT2D eigenvalue weighted by Gasteiger charge is -2.12. The summed E-state index contributed by atoms with van der Waals surface area (Å²) in [4.78, 5) is 26.9. The normalized spacial score (nSPS) is 11.9. The molecule has 34 heavy (non-hydrogen) atoms. The Hall–Kier alpha value is -4.06. The van der Waals surface area contributed by atoms with E-state index in [2.05, 4.69) is 32.4 Å². The zero-order valence-corrected chi connectivity index (χ0v) is 19.8. The second kappa shape index (κ2) is 9.06. The topological polar surface area (TPSA) is 84.2 Å². The van der Waals surface area contributed by atoms with Crippen molar-refractivity contribution in [3.63, 3.8) is 0 Å². The molecule has 0 fully saturated rings. The van der Waals surface area contributed by atoms with Gasteiger partial charge in [0.1, 0.15) is 17.2 Å². The van der Waals surface area contributed by atoms with Gasteiger partial charge in [-0.15, -0.1) is 11.3 Å². The van der Waals surface area contributed by atoms with Crippen molar-refractivity contribution < 1.29 is 4.79 Å². The Balaban J connectivity index is 1.63. The highest BCUT2D eigenvalue weighted by Crippen LogP contribution is 2.29. The third-order valence-corrected chi connectivity index (χ3v) is 6.56. The molecule has 1 unspecified atom stereocenters. The number of rotatable bonds is 4. The van der Waals surface area contributed by atoms with Gasteiger partial charge >= 0.3 is 0 Å². The summed E-state index contributed by atoms with van der Waals surface area (Å²) in [5, 5.41) is 6.91. The van der Waals surface area contributed by atoms with Crippen LogP contribution in [0.3, 0.4) is 0 Å². The fourth-order valence-corrected chi connectivity index (χ4v) is 4.57. The van der Waals surface area contributed by atoms with E-state index in [1.807, 2.05) is 60.1 Å². The Morgan fingerprint density at radius 1 is 1.15 bits per heavy atom. The summed E-state index contributed by atoms with van der Waals surface area (Å²) in [6.07, 6.45) is 5.60. The Labute approximate surface area is 200 Å². The summed E-state index contributed by atoms with van der Waals surface area (Å²) in [6, 6.07) is 13.3. The van der Waals surface area contributed by atoms with Gasteiger partial charge in [-0.1, -0.05) is 6.07 Å². The van der Waals surface area contributed by atoms with Crippen molar-refractivity contribution >= 4 is 38.8 Å². The largest absolute Gasteiger partial charge is 0.309 e. The maximum atomic E-state index is 12.4. The number of nitrogens with zero attached hydrogens (tertiary/aromatic N) is 4. The van der Waals surface area contributed by atoms with Gasteiger partial charge in [-0.25, -0.2) is 9.97 Å². The summed E-state index contributed by atoms with van der Waals surface area (Å²) >= 11 is 1.59. The molecule has 2 N–H and O–H groups in total. The number of imidazole rings is 1. The molecule has 8 heteroatoms. The van der Waals surface area contributed by atoms with Gasteiger partial charge in [-0.3, -0.25) is 14.2 Å². The molecule has 0 saturated heterocycles. The number of amides is 1. The van der Waals surface area contributed by atoms with Gasteiger partial charge < -0.3 is 10.6 Å².